The number of amides is 7. The number of nitrogens with two attached hydrogens (primary N) is 1. The Morgan fingerprint density at radius 3 is 2.34 bits per heavy atom. The second kappa shape index (κ2) is 30.2. The summed E-state index contributed by atoms with van der Waals surface area (Å²) in [4.78, 5) is 104. The Balaban J connectivity index is 0.776. The maximum absolute atomic E-state index is 14.8. The van der Waals surface area contributed by atoms with Crippen LogP contribution in [0.15, 0.2) is 72.3 Å². The summed E-state index contributed by atoms with van der Waals surface area (Å²) in [6.45, 7) is 9.95. The number of fused-ring (bicyclic) bond motifs is 7. The molecule has 21 nitrogen and oxygen atoms in total. The van der Waals surface area contributed by atoms with E-state index in [1.165, 1.54) is 0 Å². The largest absolute Gasteiger partial charge is 0.486 e. The van der Waals surface area contributed by atoms with Gasteiger partial charge >= 0.3 is 12.1 Å². The van der Waals surface area contributed by atoms with E-state index < -0.39 is 71.0 Å². The lowest BCUT2D eigenvalue weighted by Crippen LogP contribution is -2.63. The molecule has 2 aromatic carbocycles. The number of urea groups is 1. The SMILES string of the molecule is CCCC1O[C@@H]2CC3[C@@H]4CCC5=CC(=O)C=C[C@]5(C)C4[C@@H](O)C[C@]3(C)[C@]2(C(=O)COc2ccc(NC(=O)OCc3ccc(NC(=O)[C@H](CCCNC(N)=O)NC(=O)C(NC(=O)CCCCCNC(=O)COC4C#CCCCCC4)C(C)C)cc3)cc2)O1. The topological polar surface area (TPSA) is 301 Å². The summed E-state index contributed by atoms with van der Waals surface area (Å²) >= 11 is 0. The van der Waals surface area contributed by atoms with Gasteiger partial charge in [0.2, 0.25) is 29.4 Å². The third-order valence-corrected chi connectivity index (χ3v) is 18.5. The number of aliphatic hydroxyl groups is 1. The first-order valence-electron chi connectivity index (χ1n) is 31.3. The number of primary amides is 1. The molecule has 4 fully saturated rings. The van der Waals surface area contributed by atoms with Crippen LogP contribution < -0.4 is 42.4 Å². The number of allylic oxidation sites excluding steroid dienone is 4. The van der Waals surface area contributed by atoms with E-state index in [-0.39, 0.29) is 92.4 Å². The zero-order valence-corrected chi connectivity index (χ0v) is 51.0. The molecule has 6 aliphatic rings. The molecule has 21 heteroatoms. The van der Waals surface area contributed by atoms with Crippen LogP contribution in [0.3, 0.4) is 0 Å². The highest BCUT2D eigenvalue weighted by molar-refractivity contribution is 6.01. The van der Waals surface area contributed by atoms with Crippen molar-refractivity contribution >= 4 is 58.7 Å². The summed E-state index contributed by atoms with van der Waals surface area (Å²) in [5, 5.41) is 28.6. The van der Waals surface area contributed by atoms with Gasteiger partial charge in [-0.15, -0.1) is 5.92 Å². The summed E-state index contributed by atoms with van der Waals surface area (Å²) in [5.74, 6) is 4.36. The number of hydrogen-bond acceptors (Lipinski definition) is 14. The summed E-state index contributed by atoms with van der Waals surface area (Å²) in [6, 6.07) is 10.4. The van der Waals surface area contributed by atoms with Crippen LogP contribution in [-0.4, -0.2) is 121 Å². The number of anilines is 2. The smallest absolute Gasteiger partial charge is 0.411 e. The van der Waals surface area contributed by atoms with Crippen LogP contribution in [0.4, 0.5) is 21.0 Å². The van der Waals surface area contributed by atoms with Gasteiger partial charge in [0.1, 0.15) is 43.8 Å². The minimum atomic E-state index is -1.33. The summed E-state index contributed by atoms with van der Waals surface area (Å²) in [7, 11) is 0. The van der Waals surface area contributed by atoms with Crippen molar-refractivity contribution in [2.45, 2.75) is 193 Å². The van der Waals surface area contributed by atoms with E-state index in [2.05, 4.69) is 57.6 Å². The van der Waals surface area contributed by atoms with E-state index in [1.807, 2.05) is 13.0 Å². The van der Waals surface area contributed by atoms with E-state index in [4.69, 9.17) is 29.4 Å². The fourth-order valence-electron chi connectivity index (χ4n) is 14.1. The first kappa shape index (κ1) is 65.8. The Labute approximate surface area is 510 Å². The molecular formula is C66H89N7O14. The van der Waals surface area contributed by atoms with Crippen LogP contribution >= 0.6 is 0 Å². The number of unbranched alkanes of at least 4 members (excludes halogenated alkanes) is 2. The molecule has 472 valence electrons. The van der Waals surface area contributed by atoms with Gasteiger partial charge in [-0.1, -0.05) is 83.6 Å². The number of Topliss-reactive ketones (excluding diaryl/α,β-unsaturated/α-hetero) is 1. The summed E-state index contributed by atoms with van der Waals surface area (Å²) in [5.41, 5.74) is 5.19. The van der Waals surface area contributed by atoms with E-state index >= 15 is 0 Å². The van der Waals surface area contributed by atoms with E-state index in [0.717, 1.165) is 56.9 Å². The number of ether oxygens (including phenoxy) is 5. The maximum Gasteiger partial charge on any atom is 0.411 e. The predicted molar refractivity (Wildman–Crippen MR) is 324 cm³/mol. The number of aliphatic hydroxyl groups excluding tert-OH is 1. The Morgan fingerprint density at radius 1 is 0.851 bits per heavy atom. The summed E-state index contributed by atoms with van der Waals surface area (Å²) < 4.78 is 30.7. The molecule has 1 heterocycles. The molecular weight excluding hydrogens is 1110 g/mol. The fourth-order valence-corrected chi connectivity index (χ4v) is 14.1. The third kappa shape index (κ3) is 16.3. The van der Waals surface area contributed by atoms with Gasteiger partial charge in [0.15, 0.2) is 17.7 Å². The van der Waals surface area contributed by atoms with Crippen LogP contribution in [0.5, 0.6) is 5.75 Å². The fraction of sp³-hybridized carbons (Fsp3) is 0.606. The highest BCUT2D eigenvalue weighted by Gasteiger charge is 2.76. The predicted octanol–water partition coefficient (Wildman–Crippen LogP) is 7.59. The van der Waals surface area contributed by atoms with Crippen molar-refractivity contribution in [3.8, 4) is 17.6 Å². The van der Waals surface area contributed by atoms with E-state index in [0.29, 0.717) is 74.2 Å². The van der Waals surface area contributed by atoms with Gasteiger partial charge in [0.05, 0.1) is 12.2 Å². The molecule has 0 spiro atoms. The molecule has 12 atom stereocenters. The van der Waals surface area contributed by atoms with Crippen molar-refractivity contribution in [3.05, 3.63) is 77.9 Å². The lowest BCUT2D eigenvalue weighted by molar-refractivity contribution is -0.200. The van der Waals surface area contributed by atoms with Crippen molar-refractivity contribution in [3.63, 3.8) is 0 Å². The highest BCUT2D eigenvalue weighted by Crippen LogP contribution is 2.69. The lowest BCUT2D eigenvalue weighted by atomic mass is 9.46. The monoisotopic (exact) mass is 1200 g/mol. The van der Waals surface area contributed by atoms with Crippen LogP contribution in [0.25, 0.3) is 0 Å². The second-order valence-electron chi connectivity index (χ2n) is 24.9. The average molecular weight is 1200 g/mol. The van der Waals surface area contributed by atoms with E-state index in [9.17, 15) is 43.5 Å². The number of benzene rings is 2. The first-order chi connectivity index (χ1) is 41.7. The Hall–Kier alpha value is -7.12. The molecule has 7 amide bonds. The van der Waals surface area contributed by atoms with Crippen LogP contribution in [-0.2, 0) is 54.3 Å². The number of carbonyl (C=O) groups is 8. The van der Waals surface area contributed by atoms with Gasteiger partial charge in [0.25, 0.3) is 0 Å². The minimum Gasteiger partial charge on any atom is -0.486 e. The highest BCUT2D eigenvalue weighted by atomic mass is 16.7. The van der Waals surface area contributed by atoms with Crippen molar-refractivity contribution in [2.24, 2.45) is 40.2 Å². The molecule has 8 rings (SSSR count). The number of ketones is 2. The van der Waals surface area contributed by atoms with Gasteiger partial charge in [0, 0.05) is 54.1 Å². The minimum absolute atomic E-state index is 0.0256. The average Bonchev–Trinajstić information content (AvgIpc) is 1.56. The molecule has 1 aliphatic heterocycles. The van der Waals surface area contributed by atoms with Gasteiger partial charge in [-0.2, -0.15) is 0 Å². The molecule has 5 unspecified atom stereocenters. The van der Waals surface area contributed by atoms with Gasteiger partial charge in [-0.05, 0) is 149 Å². The third-order valence-electron chi connectivity index (χ3n) is 18.5. The number of rotatable bonds is 28. The zero-order valence-electron chi connectivity index (χ0n) is 51.0. The standard InChI is InChI=1S/C66H89N7O14/c1-6-16-57-86-54-36-50-49-30-23-43-35-46(74)31-32-64(43,4)58(49)52(75)37-65(50,5)66(54,87-57)53(76)39-83-48-28-26-45(27-29-48)71-63(82)85-38-42-21-24-44(25-22-42)70-60(79)51(19-15-34-69-62(67)81)72-61(80)59(41(2)3)73-55(77)20-13-10-14-33-68-56(78)40-84-47-17-11-8-7-9-12-18-47/h21-22,24-29,31-32,35,41,47,49-52,54,57-59,75H,6-11,13-17,19-20,23,30,33-34,36-40H2,1-5H3,(H,68,78)(H,70,79)(H,71,82)(H,72,80)(H,73,77)(H3,67,69,81)/t47?,49-,50?,51-,52-,54+,57?,58?,59?,64-,65-,66+/m0/s1. The van der Waals surface area contributed by atoms with Crippen LogP contribution in [0, 0.1) is 46.3 Å². The molecule has 9 N–H and O–H groups in total. The molecule has 3 saturated carbocycles. The van der Waals surface area contributed by atoms with Crippen molar-refractivity contribution in [1.29, 1.82) is 0 Å². The lowest BCUT2D eigenvalue weighted by Gasteiger charge is -2.59. The molecule has 0 radical (unpaired) electrons. The van der Waals surface area contributed by atoms with Crippen molar-refractivity contribution in [1.82, 2.24) is 21.3 Å². The molecule has 5 aliphatic carbocycles. The molecule has 2 aromatic rings. The Kier molecular flexibility index (Phi) is 22.9. The molecule has 0 bridgehead atoms. The maximum atomic E-state index is 14.8. The first-order valence-corrected chi connectivity index (χ1v) is 31.3. The second-order valence-corrected chi connectivity index (χ2v) is 24.9. The van der Waals surface area contributed by atoms with Crippen LogP contribution in [0.2, 0.25) is 0 Å². The summed E-state index contributed by atoms with van der Waals surface area (Å²) in [6.07, 6.45) is 13.8. The molecule has 1 saturated heterocycles. The quantitative estimate of drug-likeness (QED) is 0.0301. The molecule has 87 heavy (non-hydrogen) atoms. The van der Waals surface area contributed by atoms with Gasteiger partial charge in [-0.25, -0.2) is 9.59 Å². The zero-order chi connectivity index (χ0) is 62.3. The van der Waals surface area contributed by atoms with E-state index in [1.54, 1.807) is 74.5 Å². The Bertz CT molecular complexity index is 2920. The normalized spacial score (nSPS) is 27.6. The van der Waals surface area contributed by atoms with Crippen LogP contribution in [0.1, 0.15) is 149 Å². The van der Waals surface area contributed by atoms with Gasteiger partial charge in [-0.3, -0.25) is 34.1 Å². The number of nitrogens with one attached hydrogen (secondary N) is 6. The molecule has 0 aromatic heterocycles. The number of hydrogen-bond donors (Lipinski definition) is 8. The van der Waals surface area contributed by atoms with Gasteiger partial charge < -0.3 is 61.1 Å². The van der Waals surface area contributed by atoms with Crippen molar-refractivity contribution < 1.29 is 67.1 Å². The number of carbonyl (C=O) groups excluding carboxylic acids is 8. The van der Waals surface area contributed by atoms with Crippen molar-refractivity contribution in [2.75, 3.05) is 36.9 Å². The Morgan fingerprint density at radius 2 is 1.60 bits per heavy atom.